The molecule has 3 atom stereocenters. The Hall–Kier alpha value is -2.90. The average molecular weight is 376 g/mol. The maximum absolute atomic E-state index is 12.4. The summed E-state index contributed by atoms with van der Waals surface area (Å²) in [7, 11) is 0. The molecule has 8 nitrogen and oxygen atoms in total. The summed E-state index contributed by atoms with van der Waals surface area (Å²) in [5.41, 5.74) is 0.809. The number of rotatable bonds is 8. The van der Waals surface area contributed by atoms with Crippen LogP contribution < -0.4 is 5.32 Å². The third-order valence-electron chi connectivity index (χ3n) is 4.67. The highest BCUT2D eigenvalue weighted by Crippen LogP contribution is 2.19. The van der Waals surface area contributed by atoms with Crippen molar-refractivity contribution in [1.82, 2.24) is 10.2 Å². The molecule has 0 spiro atoms. The van der Waals surface area contributed by atoms with Gasteiger partial charge in [0.05, 0.1) is 5.92 Å². The van der Waals surface area contributed by atoms with Gasteiger partial charge in [0, 0.05) is 13.0 Å². The number of hydrogen-bond donors (Lipinski definition) is 3. The third kappa shape index (κ3) is 5.54. The molecule has 27 heavy (non-hydrogen) atoms. The number of carbonyl (C=O) groups is 4. The predicted octanol–water partition coefficient (Wildman–Crippen LogP) is 0.900. The number of nitrogens with zero attached hydrogens (tertiary/aromatic N) is 1. The van der Waals surface area contributed by atoms with Crippen molar-refractivity contribution in [3.63, 3.8) is 0 Å². The van der Waals surface area contributed by atoms with Gasteiger partial charge in [-0.15, -0.1) is 0 Å². The summed E-state index contributed by atoms with van der Waals surface area (Å²) in [6.45, 7) is 1.81. The molecule has 3 N–H and O–H groups in total. The first-order valence-corrected chi connectivity index (χ1v) is 8.89. The molecule has 8 heteroatoms. The van der Waals surface area contributed by atoms with Crippen LogP contribution in [0, 0.1) is 5.92 Å². The Bertz CT molecular complexity index is 705. The molecule has 0 aromatic heterocycles. The van der Waals surface area contributed by atoms with E-state index in [-0.39, 0.29) is 12.8 Å². The Morgan fingerprint density at radius 2 is 1.85 bits per heavy atom. The number of carboxylic acid groups (broad SMARTS) is 2. The Labute approximate surface area is 157 Å². The number of aliphatic carboxylic acids is 2. The number of benzene rings is 1. The van der Waals surface area contributed by atoms with Gasteiger partial charge in [0.25, 0.3) is 0 Å². The molecule has 0 bridgehead atoms. The van der Waals surface area contributed by atoms with Gasteiger partial charge in [-0.3, -0.25) is 14.4 Å². The quantitative estimate of drug-likeness (QED) is 0.619. The van der Waals surface area contributed by atoms with E-state index in [1.807, 2.05) is 6.07 Å². The molecule has 1 aromatic carbocycles. The lowest BCUT2D eigenvalue weighted by Crippen LogP contribution is -2.50. The Morgan fingerprint density at radius 1 is 1.19 bits per heavy atom. The van der Waals surface area contributed by atoms with Gasteiger partial charge in [0.15, 0.2) is 0 Å². The van der Waals surface area contributed by atoms with Crippen molar-refractivity contribution in [1.29, 1.82) is 0 Å². The number of likely N-dealkylation sites (tertiary alicyclic amines) is 1. The summed E-state index contributed by atoms with van der Waals surface area (Å²) < 4.78 is 0. The molecule has 2 amide bonds. The molecular weight excluding hydrogens is 352 g/mol. The van der Waals surface area contributed by atoms with Crippen LogP contribution in [-0.4, -0.2) is 57.5 Å². The predicted molar refractivity (Wildman–Crippen MR) is 95.9 cm³/mol. The van der Waals surface area contributed by atoms with Gasteiger partial charge < -0.3 is 20.4 Å². The van der Waals surface area contributed by atoms with Crippen LogP contribution in [0.4, 0.5) is 0 Å². The average Bonchev–Trinajstić information content (AvgIpc) is 3.11. The smallest absolute Gasteiger partial charge is 0.326 e. The summed E-state index contributed by atoms with van der Waals surface area (Å²) >= 11 is 0. The van der Waals surface area contributed by atoms with Crippen LogP contribution in [0.3, 0.4) is 0 Å². The number of amides is 2. The normalized spacial score (nSPS) is 18.6. The molecule has 1 aliphatic rings. The van der Waals surface area contributed by atoms with E-state index in [1.54, 1.807) is 24.3 Å². The zero-order valence-corrected chi connectivity index (χ0v) is 15.1. The molecular formula is C19H24N2O6. The van der Waals surface area contributed by atoms with E-state index in [4.69, 9.17) is 5.11 Å². The number of hydrogen-bond acceptors (Lipinski definition) is 4. The van der Waals surface area contributed by atoms with Gasteiger partial charge >= 0.3 is 11.9 Å². The summed E-state index contributed by atoms with van der Waals surface area (Å²) in [6.07, 6.45) is 0.935. The van der Waals surface area contributed by atoms with Gasteiger partial charge in [-0.05, 0) is 31.7 Å². The minimum Gasteiger partial charge on any atom is -0.481 e. The van der Waals surface area contributed by atoms with Crippen LogP contribution in [0.25, 0.3) is 0 Å². The van der Waals surface area contributed by atoms with E-state index >= 15 is 0 Å². The van der Waals surface area contributed by atoms with Crippen molar-refractivity contribution in [3.8, 4) is 0 Å². The monoisotopic (exact) mass is 376 g/mol. The minimum absolute atomic E-state index is 0.207. The molecule has 1 fully saturated rings. The highest BCUT2D eigenvalue weighted by Gasteiger charge is 2.36. The summed E-state index contributed by atoms with van der Waals surface area (Å²) in [5.74, 6) is -4.08. The molecule has 0 radical (unpaired) electrons. The molecule has 1 aliphatic heterocycles. The minimum atomic E-state index is -1.08. The SMILES string of the molecule is C[C@H](NC(=O)CC(Cc1ccccc1)C(=O)O)C(=O)N1CCC[C@H]1C(=O)O. The van der Waals surface area contributed by atoms with E-state index in [9.17, 15) is 24.3 Å². The maximum Gasteiger partial charge on any atom is 0.326 e. The van der Waals surface area contributed by atoms with Crippen molar-refractivity contribution < 1.29 is 29.4 Å². The number of nitrogens with one attached hydrogen (secondary N) is 1. The maximum atomic E-state index is 12.4. The van der Waals surface area contributed by atoms with Gasteiger partial charge in [-0.1, -0.05) is 30.3 Å². The van der Waals surface area contributed by atoms with Crippen molar-refractivity contribution in [2.45, 2.75) is 44.7 Å². The second-order valence-corrected chi connectivity index (χ2v) is 6.75. The van der Waals surface area contributed by atoms with Crippen LogP contribution in [0.2, 0.25) is 0 Å². The van der Waals surface area contributed by atoms with E-state index in [0.717, 1.165) is 5.56 Å². The Kier molecular flexibility index (Phi) is 6.92. The number of carboxylic acids is 2. The van der Waals surface area contributed by atoms with Crippen LogP contribution in [0.1, 0.15) is 31.7 Å². The Morgan fingerprint density at radius 3 is 2.44 bits per heavy atom. The van der Waals surface area contributed by atoms with Crippen molar-refractivity contribution in [2.24, 2.45) is 5.92 Å². The fourth-order valence-corrected chi connectivity index (χ4v) is 3.27. The summed E-state index contributed by atoms with van der Waals surface area (Å²) in [4.78, 5) is 48.6. The lowest BCUT2D eigenvalue weighted by Gasteiger charge is -2.25. The molecule has 146 valence electrons. The van der Waals surface area contributed by atoms with Gasteiger partial charge in [-0.25, -0.2) is 4.79 Å². The van der Waals surface area contributed by atoms with E-state index < -0.39 is 41.8 Å². The highest BCUT2D eigenvalue weighted by atomic mass is 16.4. The molecule has 0 aliphatic carbocycles. The molecule has 1 unspecified atom stereocenters. The topological polar surface area (TPSA) is 124 Å². The van der Waals surface area contributed by atoms with E-state index in [1.165, 1.54) is 11.8 Å². The lowest BCUT2D eigenvalue weighted by atomic mass is 9.96. The van der Waals surface area contributed by atoms with E-state index in [0.29, 0.717) is 19.4 Å². The highest BCUT2D eigenvalue weighted by molar-refractivity contribution is 5.91. The van der Waals surface area contributed by atoms with Crippen molar-refractivity contribution in [3.05, 3.63) is 35.9 Å². The second kappa shape index (κ2) is 9.16. The number of carbonyl (C=O) groups excluding carboxylic acids is 2. The summed E-state index contributed by atoms with van der Waals surface area (Å²) in [6, 6.07) is 7.21. The van der Waals surface area contributed by atoms with Gasteiger partial charge in [0.2, 0.25) is 11.8 Å². The van der Waals surface area contributed by atoms with Crippen LogP contribution >= 0.6 is 0 Å². The summed E-state index contributed by atoms with van der Waals surface area (Å²) in [5, 5.41) is 21.0. The zero-order chi connectivity index (χ0) is 20.0. The fraction of sp³-hybridized carbons (Fsp3) is 0.474. The Balaban J connectivity index is 1.93. The largest absolute Gasteiger partial charge is 0.481 e. The first kappa shape index (κ1) is 20.4. The molecule has 1 aromatic rings. The molecule has 2 rings (SSSR count). The molecule has 0 saturated carbocycles. The second-order valence-electron chi connectivity index (χ2n) is 6.75. The third-order valence-corrected chi connectivity index (χ3v) is 4.67. The van der Waals surface area contributed by atoms with Gasteiger partial charge in [0.1, 0.15) is 12.1 Å². The first-order chi connectivity index (χ1) is 12.8. The zero-order valence-electron chi connectivity index (χ0n) is 15.1. The van der Waals surface area contributed by atoms with Gasteiger partial charge in [-0.2, -0.15) is 0 Å². The van der Waals surface area contributed by atoms with Crippen molar-refractivity contribution in [2.75, 3.05) is 6.54 Å². The fourth-order valence-electron chi connectivity index (χ4n) is 3.27. The standard InChI is InChI=1S/C19H24N2O6/c1-12(17(23)21-9-5-8-15(21)19(26)27)20-16(22)11-14(18(24)25)10-13-6-3-2-4-7-13/h2-4,6-7,12,14-15H,5,8-11H2,1H3,(H,20,22)(H,24,25)(H,26,27)/t12-,14?,15-/m0/s1. The first-order valence-electron chi connectivity index (χ1n) is 8.89. The lowest BCUT2D eigenvalue weighted by molar-refractivity contribution is -0.149. The van der Waals surface area contributed by atoms with Crippen LogP contribution in [0.5, 0.6) is 0 Å². The molecule has 1 saturated heterocycles. The van der Waals surface area contributed by atoms with Crippen LogP contribution in [-0.2, 0) is 25.6 Å². The van der Waals surface area contributed by atoms with Crippen LogP contribution in [0.15, 0.2) is 30.3 Å². The molecule has 1 heterocycles. The van der Waals surface area contributed by atoms with E-state index in [2.05, 4.69) is 5.32 Å². The van der Waals surface area contributed by atoms with Crippen molar-refractivity contribution >= 4 is 23.8 Å².